The first-order valence-corrected chi connectivity index (χ1v) is 7.93. The van der Waals surface area contributed by atoms with Gasteiger partial charge in [0.25, 0.3) is 5.91 Å². The Morgan fingerprint density at radius 1 is 1.33 bits per heavy atom. The van der Waals surface area contributed by atoms with Gasteiger partial charge in [-0.05, 0) is 24.5 Å². The van der Waals surface area contributed by atoms with E-state index in [1.165, 1.54) is 0 Å². The number of imidazole rings is 1. The molecule has 0 saturated heterocycles. The number of aromatic nitrogens is 3. The number of rotatable bonds is 6. The van der Waals surface area contributed by atoms with Gasteiger partial charge in [0.05, 0.1) is 17.5 Å². The number of carboxylic acid groups (broad SMARTS) is 1. The van der Waals surface area contributed by atoms with E-state index in [0.29, 0.717) is 23.7 Å². The number of hydrogen-bond donors (Lipinski definition) is 3. The fourth-order valence-corrected chi connectivity index (χ4v) is 2.89. The number of amides is 1. The van der Waals surface area contributed by atoms with Crippen molar-refractivity contribution in [3.05, 3.63) is 36.0 Å². The standard InChI is InChI=1S/C17H20N4O3/c1-10(2)7-11(8-16(22)23)18-17(24)13-9-15-19-12-5-3-4-6-14(12)21(15)20-13/h3-6,9-11,20H,7-8H2,1-2H3,(H,18,24)(H,22,23)/t11-/m0/s1. The van der Waals surface area contributed by atoms with Crippen LogP contribution in [0.25, 0.3) is 16.7 Å². The molecule has 0 radical (unpaired) electrons. The summed E-state index contributed by atoms with van der Waals surface area (Å²) < 4.78 is 1.75. The third kappa shape index (κ3) is 3.24. The Morgan fingerprint density at radius 2 is 2.08 bits per heavy atom. The first kappa shape index (κ1) is 16.0. The van der Waals surface area contributed by atoms with Gasteiger partial charge in [0.15, 0.2) is 5.65 Å². The summed E-state index contributed by atoms with van der Waals surface area (Å²) in [6.07, 6.45) is 0.517. The second-order valence-corrected chi connectivity index (χ2v) is 6.36. The maximum absolute atomic E-state index is 12.4. The average molecular weight is 328 g/mol. The number of benzene rings is 1. The van der Waals surface area contributed by atoms with E-state index in [9.17, 15) is 9.59 Å². The molecule has 2 heterocycles. The minimum atomic E-state index is -0.923. The van der Waals surface area contributed by atoms with Crippen LogP contribution in [0.15, 0.2) is 30.3 Å². The van der Waals surface area contributed by atoms with Gasteiger partial charge in [0, 0.05) is 12.1 Å². The molecule has 0 saturated carbocycles. The van der Waals surface area contributed by atoms with E-state index in [1.54, 1.807) is 10.6 Å². The number of carbonyl (C=O) groups is 2. The first-order valence-electron chi connectivity index (χ1n) is 7.93. The van der Waals surface area contributed by atoms with Crippen LogP contribution in [0.2, 0.25) is 0 Å². The predicted molar refractivity (Wildman–Crippen MR) is 90.0 cm³/mol. The normalized spacial score (nSPS) is 12.8. The molecule has 24 heavy (non-hydrogen) atoms. The van der Waals surface area contributed by atoms with Crippen LogP contribution in [-0.2, 0) is 4.79 Å². The second kappa shape index (κ2) is 6.35. The van der Waals surface area contributed by atoms with Crippen molar-refractivity contribution in [2.24, 2.45) is 5.92 Å². The monoisotopic (exact) mass is 328 g/mol. The molecule has 0 fully saturated rings. The zero-order chi connectivity index (χ0) is 17.3. The van der Waals surface area contributed by atoms with Crippen LogP contribution in [0.5, 0.6) is 0 Å². The molecule has 1 atom stereocenters. The van der Waals surface area contributed by atoms with Crippen LogP contribution in [0.3, 0.4) is 0 Å². The Balaban J connectivity index is 1.83. The number of hydrogen-bond acceptors (Lipinski definition) is 3. The molecule has 1 amide bonds. The lowest BCUT2D eigenvalue weighted by Crippen LogP contribution is -2.37. The van der Waals surface area contributed by atoms with Crippen molar-refractivity contribution >= 4 is 28.6 Å². The minimum Gasteiger partial charge on any atom is -0.481 e. The van der Waals surface area contributed by atoms with Crippen LogP contribution in [0.4, 0.5) is 0 Å². The van der Waals surface area contributed by atoms with E-state index in [1.807, 2.05) is 38.1 Å². The van der Waals surface area contributed by atoms with Crippen molar-refractivity contribution in [1.82, 2.24) is 19.9 Å². The van der Waals surface area contributed by atoms with Crippen LogP contribution < -0.4 is 5.32 Å². The van der Waals surface area contributed by atoms with Gasteiger partial charge in [-0.15, -0.1) is 0 Å². The van der Waals surface area contributed by atoms with Gasteiger partial charge < -0.3 is 10.4 Å². The highest BCUT2D eigenvalue weighted by Crippen LogP contribution is 2.17. The predicted octanol–water partition coefficient (Wildman–Crippen LogP) is 2.43. The quantitative estimate of drug-likeness (QED) is 0.647. The molecule has 0 bridgehead atoms. The lowest BCUT2D eigenvalue weighted by Gasteiger charge is -2.18. The van der Waals surface area contributed by atoms with Crippen molar-refractivity contribution in [3.8, 4) is 0 Å². The first-order chi connectivity index (χ1) is 11.4. The zero-order valence-corrected chi connectivity index (χ0v) is 13.6. The van der Waals surface area contributed by atoms with Crippen LogP contribution in [-0.4, -0.2) is 37.6 Å². The van der Waals surface area contributed by atoms with E-state index >= 15 is 0 Å². The molecule has 3 N–H and O–H groups in total. The molecule has 7 heteroatoms. The van der Waals surface area contributed by atoms with Crippen LogP contribution >= 0.6 is 0 Å². The van der Waals surface area contributed by atoms with Gasteiger partial charge in [-0.2, -0.15) is 0 Å². The van der Waals surface area contributed by atoms with Crippen molar-refractivity contribution in [3.63, 3.8) is 0 Å². The molecule has 0 aliphatic heterocycles. The number of nitrogens with one attached hydrogen (secondary N) is 2. The summed E-state index contributed by atoms with van der Waals surface area (Å²) in [6.45, 7) is 3.99. The lowest BCUT2D eigenvalue weighted by atomic mass is 10.0. The van der Waals surface area contributed by atoms with Crippen LogP contribution in [0.1, 0.15) is 37.2 Å². The Hall–Kier alpha value is -2.83. The minimum absolute atomic E-state index is 0.0926. The van der Waals surface area contributed by atoms with Gasteiger partial charge in [-0.3, -0.25) is 14.7 Å². The van der Waals surface area contributed by atoms with Gasteiger partial charge >= 0.3 is 5.97 Å². The van der Waals surface area contributed by atoms with Gasteiger partial charge in [-0.25, -0.2) is 9.50 Å². The number of carboxylic acids is 1. The van der Waals surface area contributed by atoms with Gasteiger partial charge in [0.2, 0.25) is 0 Å². The number of carbonyl (C=O) groups excluding carboxylic acids is 1. The average Bonchev–Trinajstić information content (AvgIpc) is 3.03. The van der Waals surface area contributed by atoms with Crippen molar-refractivity contribution in [1.29, 1.82) is 0 Å². The second-order valence-electron chi connectivity index (χ2n) is 6.36. The molecule has 2 aromatic heterocycles. The summed E-state index contributed by atoms with van der Waals surface area (Å²) in [4.78, 5) is 27.9. The zero-order valence-electron chi connectivity index (χ0n) is 13.6. The number of para-hydroxylation sites is 2. The van der Waals surface area contributed by atoms with Gasteiger partial charge in [0.1, 0.15) is 5.69 Å². The number of aliphatic carboxylic acids is 1. The fourth-order valence-electron chi connectivity index (χ4n) is 2.89. The molecular formula is C17H20N4O3. The van der Waals surface area contributed by atoms with Gasteiger partial charge in [-0.1, -0.05) is 26.0 Å². The van der Waals surface area contributed by atoms with Crippen LogP contribution in [0, 0.1) is 5.92 Å². The third-order valence-corrected chi connectivity index (χ3v) is 3.85. The molecule has 0 aliphatic rings. The summed E-state index contributed by atoms with van der Waals surface area (Å²) in [5, 5.41) is 14.8. The molecule has 3 aromatic rings. The summed E-state index contributed by atoms with van der Waals surface area (Å²) in [7, 11) is 0. The van der Waals surface area contributed by atoms with E-state index in [0.717, 1.165) is 11.0 Å². The Kier molecular flexibility index (Phi) is 4.24. The van der Waals surface area contributed by atoms with Crippen molar-refractivity contribution in [2.75, 3.05) is 0 Å². The van der Waals surface area contributed by atoms with Crippen molar-refractivity contribution < 1.29 is 14.7 Å². The van der Waals surface area contributed by atoms with E-state index in [-0.39, 0.29) is 12.3 Å². The topological polar surface area (TPSA) is 99.5 Å². The largest absolute Gasteiger partial charge is 0.481 e. The summed E-state index contributed by atoms with van der Waals surface area (Å²) in [5.74, 6) is -0.954. The summed E-state index contributed by atoms with van der Waals surface area (Å²) in [6, 6.07) is 8.90. The molecule has 0 spiro atoms. The highest BCUT2D eigenvalue weighted by atomic mass is 16.4. The third-order valence-electron chi connectivity index (χ3n) is 3.85. The maximum atomic E-state index is 12.4. The number of H-pyrrole nitrogens is 1. The summed E-state index contributed by atoms with van der Waals surface area (Å²) in [5.41, 5.74) is 2.75. The number of fused-ring (bicyclic) bond motifs is 3. The molecule has 7 nitrogen and oxygen atoms in total. The Bertz CT molecular complexity index is 894. The molecule has 1 aromatic carbocycles. The SMILES string of the molecule is CC(C)C[C@@H](CC(=O)O)NC(=O)c1cc2nc3ccccc3n2[nH]1. The highest BCUT2D eigenvalue weighted by Gasteiger charge is 2.20. The lowest BCUT2D eigenvalue weighted by molar-refractivity contribution is -0.137. The Morgan fingerprint density at radius 3 is 2.79 bits per heavy atom. The fraction of sp³-hybridized carbons (Fsp3) is 0.353. The van der Waals surface area contributed by atoms with E-state index in [2.05, 4.69) is 15.4 Å². The molecular weight excluding hydrogens is 308 g/mol. The molecule has 0 aliphatic carbocycles. The molecule has 126 valence electrons. The molecule has 3 rings (SSSR count). The van der Waals surface area contributed by atoms with E-state index in [4.69, 9.17) is 5.11 Å². The van der Waals surface area contributed by atoms with Crippen molar-refractivity contribution in [2.45, 2.75) is 32.7 Å². The van der Waals surface area contributed by atoms with E-state index < -0.39 is 12.0 Å². The number of aromatic amines is 1. The highest BCUT2D eigenvalue weighted by molar-refractivity contribution is 5.94. The number of nitrogens with zero attached hydrogens (tertiary/aromatic N) is 2. The summed E-state index contributed by atoms with van der Waals surface area (Å²) >= 11 is 0. The Labute approximate surface area is 138 Å². The molecule has 0 unspecified atom stereocenters. The smallest absolute Gasteiger partial charge is 0.305 e. The maximum Gasteiger partial charge on any atom is 0.305 e.